The van der Waals surface area contributed by atoms with Crippen molar-refractivity contribution in [3.63, 3.8) is 0 Å². The molecule has 0 amide bonds. The van der Waals surface area contributed by atoms with Crippen LogP contribution in [0.4, 0.5) is 0 Å². The van der Waals surface area contributed by atoms with Crippen molar-refractivity contribution >= 4 is 0 Å². The van der Waals surface area contributed by atoms with E-state index in [1.165, 1.54) is 0 Å². The Kier molecular flexibility index (Phi) is 2.84. The zero-order chi connectivity index (χ0) is 9.14. The van der Waals surface area contributed by atoms with Gasteiger partial charge in [-0.3, -0.25) is 0 Å². The van der Waals surface area contributed by atoms with E-state index >= 15 is 0 Å². The lowest BCUT2D eigenvalue weighted by molar-refractivity contribution is 0.0527. The van der Waals surface area contributed by atoms with E-state index in [0.29, 0.717) is 13.2 Å². The van der Waals surface area contributed by atoms with E-state index in [4.69, 9.17) is 4.74 Å². The molecule has 0 aromatic rings. The monoisotopic (exact) mass is 166 g/mol. The quantitative estimate of drug-likeness (QED) is 0.672. The van der Waals surface area contributed by atoms with Gasteiger partial charge in [0.1, 0.15) is 6.10 Å². The SMILES string of the molecule is C=CC1=C(C(=C)C)C(O)COC1. The first kappa shape index (κ1) is 9.23. The second-order valence-electron chi connectivity index (χ2n) is 2.95. The highest BCUT2D eigenvalue weighted by molar-refractivity contribution is 5.41. The fourth-order valence-corrected chi connectivity index (χ4v) is 1.38. The highest BCUT2D eigenvalue weighted by atomic mass is 16.5. The lowest BCUT2D eigenvalue weighted by Crippen LogP contribution is -2.26. The normalized spacial score (nSPS) is 24.0. The third-order valence-electron chi connectivity index (χ3n) is 1.92. The molecule has 1 rings (SSSR count). The maximum absolute atomic E-state index is 9.55. The Bertz CT molecular complexity index is 238. The van der Waals surface area contributed by atoms with Crippen LogP contribution in [0.15, 0.2) is 36.0 Å². The number of rotatable bonds is 2. The molecular formula is C10H14O2. The van der Waals surface area contributed by atoms with Gasteiger partial charge in [-0.1, -0.05) is 24.8 Å². The van der Waals surface area contributed by atoms with E-state index < -0.39 is 6.10 Å². The number of hydrogen-bond acceptors (Lipinski definition) is 2. The topological polar surface area (TPSA) is 29.5 Å². The largest absolute Gasteiger partial charge is 0.386 e. The Labute approximate surface area is 72.9 Å². The minimum atomic E-state index is -0.538. The van der Waals surface area contributed by atoms with E-state index in [1.807, 2.05) is 6.92 Å². The molecule has 0 aromatic carbocycles. The Morgan fingerprint density at radius 3 is 2.83 bits per heavy atom. The summed E-state index contributed by atoms with van der Waals surface area (Å²) in [7, 11) is 0. The smallest absolute Gasteiger partial charge is 0.103 e. The van der Waals surface area contributed by atoms with Crippen LogP contribution in [-0.2, 0) is 4.74 Å². The average Bonchev–Trinajstić information content (AvgIpc) is 2.03. The van der Waals surface area contributed by atoms with Gasteiger partial charge in [-0.2, -0.15) is 0 Å². The van der Waals surface area contributed by atoms with Gasteiger partial charge in [0.25, 0.3) is 0 Å². The summed E-state index contributed by atoms with van der Waals surface area (Å²) in [5.41, 5.74) is 2.72. The second kappa shape index (κ2) is 3.70. The van der Waals surface area contributed by atoms with Crippen molar-refractivity contribution in [2.45, 2.75) is 13.0 Å². The highest BCUT2D eigenvalue weighted by Gasteiger charge is 2.20. The predicted molar refractivity (Wildman–Crippen MR) is 48.9 cm³/mol. The summed E-state index contributed by atoms with van der Waals surface area (Å²) in [4.78, 5) is 0. The fraction of sp³-hybridized carbons (Fsp3) is 0.400. The van der Waals surface area contributed by atoms with Crippen LogP contribution in [0.1, 0.15) is 6.92 Å². The van der Waals surface area contributed by atoms with Crippen molar-refractivity contribution in [3.8, 4) is 0 Å². The van der Waals surface area contributed by atoms with Crippen molar-refractivity contribution in [1.29, 1.82) is 0 Å². The van der Waals surface area contributed by atoms with Gasteiger partial charge in [-0.05, 0) is 18.1 Å². The Balaban J connectivity index is 3.03. The molecule has 1 unspecified atom stereocenters. The van der Waals surface area contributed by atoms with Gasteiger partial charge in [-0.25, -0.2) is 0 Å². The zero-order valence-corrected chi connectivity index (χ0v) is 7.34. The maximum atomic E-state index is 9.55. The first-order valence-electron chi connectivity index (χ1n) is 3.94. The highest BCUT2D eigenvalue weighted by Crippen LogP contribution is 2.22. The molecule has 1 aliphatic heterocycles. The lowest BCUT2D eigenvalue weighted by atomic mass is 9.96. The number of aliphatic hydroxyl groups excluding tert-OH is 1. The molecule has 0 fully saturated rings. The summed E-state index contributed by atoms with van der Waals surface area (Å²) >= 11 is 0. The van der Waals surface area contributed by atoms with Crippen molar-refractivity contribution in [2.24, 2.45) is 0 Å². The summed E-state index contributed by atoms with van der Waals surface area (Å²) in [6, 6.07) is 0. The van der Waals surface area contributed by atoms with Gasteiger partial charge < -0.3 is 9.84 Å². The molecule has 0 radical (unpaired) electrons. The summed E-state index contributed by atoms with van der Waals surface area (Å²) in [5.74, 6) is 0. The van der Waals surface area contributed by atoms with Crippen LogP contribution in [0.5, 0.6) is 0 Å². The van der Waals surface area contributed by atoms with Gasteiger partial charge in [0, 0.05) is 0 Å². The molecule has 2 nitrogen and oxygen atoms in total. The molecule has 66 valence electrons. The Morgan fingerprint density at radius 2 is 2.42 bits per heavy atom. The summed E-state index contributed by atoms with van der Waals surface area (Å²) in [6.45, 7) is 10.2. The molecule has 0 bridgehead atoms. The van der Waals surface area contributed by atoms with Gasteiger partial charge >= 0.3 is 0 Å². The third-order valence-corrected chi connectivity index (χ3v) is 1.92. The maximum Gasteiger partial charge on any atom is 0.103 e. The van der Waals surface area contributed by atoms with Crippen LogP contribution in [0.3, 0.4) is 0 Å². The number of aliphatic hydroxyl groups is 1. The van der Waals surface area contributed by atoms with E-state index in [0.717, 1.165) is 16.7 Å². The predicted octanol–water partition coefficient (Wildman–Crippen LogP) is 1.44. The first-order valence-corrected chi connectivity index (χ1v) is 3.94. The summed E-state index contributed by atoms with van der Waals surface area (Å²) in [6.07, 6.45) is 1.18. The standard InChI is InChI=1S/C10H14O2/c1-4-8-5-12-6-9(11)10(8)7(2)3/h4,9,11H,1-2,5-6H2,3H3. The summed E-state index contributed by atoms with van der Waals surface area (Å²) in [5, 5.41) is 9.55. The molecule has 0 spiro atoms. The summed E-state index contributed by atoms with van der Waals surface area (Å²) < 4.78 is 5.15. The molecule has 0 saturated heterocycles. The average molecular weight is 166 g/mol. The minimum absolute atomic E-state index is 0.361. The molecule has 12 heavy (non-hydrogen) atoms. The van der Waals surface area contributed by atoms with Gasteiger partial charge in [0.15, 0.2) is 0 Å². The number of ether oxygens (including phenoxy) is 1. The van der Waals surface area contributed by atoms with Crippen LogP contribution in [0.2, 0.25) is 0 Å². The zero-order valence-electron chi connectivity index (χ0n) is 7.34. The van der Waals surface area contributed by atoms with Crippen molar-refractivity contribution in [1.82, 2.24) is 0 Å². The molecule has 1 aliphatic rings. The van der Waals surface area contributed by atoms with Crippen LogP contribution in [-0.4, -0.2) is 24.4 Å². The van der Waals surface area contributed by atoms with Crippen LogP contribution < -0.4 is 0 Å². The molecule has 1 atom stereocenters. The molecule has 0 aliphatic carbocycles. The van der Waals surface area contributed by atoms with Crippen molar-refractivity contribution in [3.05, 3.63) is 36.0 Å². The van der Waals surface area contributed by atoms with E-state index in [9.17, 15) is 5.11 Å². The minimum Gasteiger partial charge on any atom is -0.386 e. The Morgan fingerprint density at radius 1 is 1.75 bits per heavy atom. The molecule has 1 N–H and O–H groups in total. The fourth-order valence-electron chi connectivity index (χ4n) is 1.38. The van der Waals surface area contributed by atoms with Crippen molar-refractivity contribution in [2.75, 3.05) is 13.2 Å². The molecule has 0 aromatic heterocycles. The molecule has 2 heteroatoms. The van der Waals surface area contributed by atoms with Gasteiger partial charge in [-0.15, -0.1) is 0 Å². The van der Waals surface area contributed by atoms with Crippen LogP contribution >= 0.6 is 0 Å². The van der Waals surface area contributed by atoms with Gasteiger partial charge in [0.05, 0.1) is 13.2 Å². The Hall–Kier alpha value is -0.860. The first-order chi connectivity index (χ1) is 5.66. The number of hydrogen-bond donors (Lipinski definition) is 1. The van der Waals surface area contributed by atoms with E-state index in [-0.39, 0.29) is 0 Å². The lowest BCUT2D eigenvalue weighted by Gasteiger charge is -2.24. The van der Waals surface area contributed by atoms with E-state index in [2.05, 4.69) is 13.2 Å². The second-order valence-corrected chi connectivity index (χ2v) is 2.95. The van der Waals surface area contributed by atoms with E-state index in [1.54, 1.807) is 6.08 Å². The van der Waals surface area contributed by atoms with Crippen molar-refractivity contribution < 1.29 is 9.84 Å². The molecule has 1 heterocycles. The third kappa shape index (κ3) is 1.65. The van der Waals surface area contributed by atoms with Crippen LogP contribution in [0.25, 0.3) is 0 Å². The molecule has 0 saturated carbocycles. The molecular weight excluding hydrogens is 152 g/mol. The van der Waals surface area contributed by atoms with Gasteiger partial charge in [0.2, 0.25) is 0 Å². The van der Waals surface area contributed by atoms with Crippen LogP contribution in [0, 0.1) is 0 Å².